The van der Waals surface area contributed by atoms with Crippen molar-refractivity contribution in [3.05, 3.63) is 47.0 Å². The highest BCUT2D eigenvalue weighted by Gasteiger charge is 2.60. The summed E-state index contributed by atoms with van der Waals surface area (Å²) in [6, 6.07) is 5.93. The molecule has 39 heavy (non-hydrogen) atoms. The van der Waals surface area contributed by atoms with E-state index in [1.807, 2.05) is 0 Å². The minimum atomic E-state index is -1.06. The van der Waals surface area contributed by atoms with E-state index < -0.39 is 41.1 Å². The van der Waals surface area contributed by atoms with Gasteiger partial charge in [0.05, 0.1) is 31.2 Å². The molecule has 1 aromatic heterocycles. The van der Waals surface area contributed by atoms with Gasteiger partial charge in [0.2, 0.25) is 5.91 Å². The highest BCUT2D eigenvalue weighted by molar-refractivity contribution is 6.03. The van der Waals surface area contributed by atoms with E-state index in [-0.39, 0.29) is 36.9 Å². The van der Waals surface area contributed by atoms with Crippen LogP contribution in [0.3, 0.4) is 0 Å². The zero-order valence-corrected chi connectivity index (χ0v) is 22.1. The van der Waals surface area contributed by atoms with Crippen LogP contribution < -0.4 is 5.73 Å². The molecule has 1 aromatic carbocycles. The lowest BCUT2D eigenvalue weighted by Crippen LogP contribution is -2.73. The predicted octanol–water partition coefficient (Wildman–Crippen LogP) is 0.603. The lowest BCUT2D eigenvalue weighted by molar-refractivity contribution is -0.161. The van der Waals surface area contributed by atoms with Crippen LogP contribution in [0.1, 0.15) is 54.9 Å². The molecule has 13 heteroatoms. The number of nitrogens with two attached hydrogens (primary N) is 1. The number of hydrogen-bond acceptors (Lipinski definition) is 8. The van der Waals surface area contributed by atoms with Crippen LogP contribution in [-0.4, -0.2) is 85.5 Å². The van der Waals surface area contributed by atoms with Gasteiger partial charge in [-0.05, 0) is 44.4 Å². The van der Waals surface area contributed by atoms with E-state index in [0.29, 0.717) is 31.6 Å². The molecule has 2 saturated heterocycles. The lowest BCUT2D eigenvalue weighted by atomic mass is 9.84. The molecule has 12 nitrogen and oxygen atoms in total. The molecule has 4 rings (SSSR count). The van der Waals surface area contributed by atoms with Crippen molar-refractivity contribution in [1.82, 2.24) is 24.8 Å². The van der Waals surface area contributed by atoms with Crippen molar-refractivity contribution >= 4 is 29.5 Å². The molecule has 1 unspecified atom stereocenters. The zero-order chi connectivity index (χ0) is 28.5. The van der Waals surface area contributed by atoms with Gasteiger partial charge < -0.3 is 20.3 Å². The third kappa shape index (κ3) is 5.52. The standard InChI is InChI=1S/C26H31FN6O6/c1-15-22(29-30-33(15)12-18-5-7-19(27)8-6-18)24(37)32-10-4-9-26(32)14-31(25(26)38)13-20(35)11-21(23(28)36)16(2)39-17(3)34/h5-8,16,21H,4,9-14H2,1-3H3,(H2,28,36)/t16-,21+,26?/m1/s1. The molecule has 3 atom stereocenters. The molecule has 3 amide bonds. The van der Waals surface area contributed by atoms with Crippen LogP contribution in [0.15, 0.2) is 24.3 Å². The van der Waals surface area contributed by atoms with Crippen LogP contribution >= 0.6 is 0 Å². The van der Waals surface area contributed by atoms with Gasteiger partial charge in [-0.3, -0.25) is 24.0 Å². The first-order valence-corrected chi connectivity index (χ1v) is 12.7. The Morgan fingerprint density at radius 1 is 1.21 bits per heavy atom. The van der Waals surface area contributed by atoms with Crippen LogP contribution in [0.25, 0.3) is 0 Å². The van der Waals surface area contributed by atoms with Crippen molar-refractivity contribution in [2.45, 2.75) is 58.2 Å². The number of ketones is 1. The number of primary amides is 1. The number of aromatic nitrogens is 3. The molecule has 208 valence electrons. The summed E-state index contributed by atoms with van der Waals surface area (Å²) in [4.78, 5) is 65.3. The lowest BCUT2D eigenvalue weighted by Gasteiger charge is -2.50. The Labute approximate surface area is 224 Å². The summed E-state index contributed by atoms with van der Waals surface area (Å²) in [6.45, 7) is 4.97. The first-order chi connectivity index (χ1) is 18.4. The van der Waals surface area contributed by atoms with E-state index in [4.69, 9.17) is 10.5 Å². The number of likely N-dealkylation sites (tertiary alicyclic amines) is 2. The number of Topliss-reactive ketones (excluding diaryl/α,β-unsaturated/α-hetero) is 1. The van der Waals surface area contributed by atoms with Gasteiger partial charge in [-0.2, -0.15) is 0 Å². The quantitative estimate of drug-likeness (QED) is 0.338. The minimum Gasteiger partial charge on any atom is -0.462 e. The number of ether oxygens (including phenoxy) is 1. The maximum absolute atomic E-state index is 13.5. The van der Waals surface area contributed by atoms with E-state index in [0.717, 1.165) is 5.56 Å². The van der Waals surface area contributed by atoms with E-state index in [1.54, 1.807) is 23.7 Å². The average molecular weight is 543 g/mol. The Hall–Kier alpha value is -4.16. The Balaban J connectivity index is 1.40. The number of hydrogen-bond donors (Lipinski definition) is 1. The van der Waals surface area contributed by atoms with E-state index >= 15 is 0 Å². The van der Waals surface area contributed by atoms with Crippen LogP contribution in [0.4, 0.5) is 4.39 Å². The van der Waals surface area contributed by atoms with Gasteiger partial charge >= 0.3 is 5.97 Å². The highest BCUT2D eigenvalue weighted by Crippen LogP contribution is 2.40. The van der Waals surface area contributed by atoms with Gasteiger partial charge in [0, 0.05) is 19.9 Å². The fourth-order valence-corrected chi connectivity index (χ4v) is 5.31. The molecule has 0 bridgehead atoms. The maximum Gasteiger partial charge on any atom is 0.302 e. The largest absolute Gasteiger partial charge is 0.462 e. The molecular weight excluding hydrogens is 511 g/mol. The molecular formula is C26H31FN6O6. The van der Waals surface area contributed by atoms with Gasteiger partial charge in [-0.1, -0.05) is 17.3 Å². The van der Waals surface area contributed by atoms with Crippen LogP contribution in [0.2, 0.25) is 0 Å². The number of amides is 3. The Kier molecular flexibility index (Phi) is 7.79. The normalized spacial score (nSPS) is 20.1. The molecule has 2 aliphatic rings. The van der Waals surface area contributed by atoms with Crippen molar-refractivity contribution < 1.29 is 33.1 Å². The van der Waals surface area contributed by atoms with Crippen molar-refractivity contribution in [3.63, 3.8) is 0 Å². The first kappa shape index (κ1) is 27.9. The fourth-order valence-electron chi connectivity index (χ4n) is 5.31. The number of carbonyl (C=O) groups excluding carboxylic acids is 5. The number of carbonyl (C=O) groups is 5. The zero-order valence-electron chi connectivity index (χ0n) is 22.1. The molecule has 1 spiro atoms. The third-order valence-corrected chi connectivity index (χ3v) is 7.40. The number of esters is 1. The maximum atomic E-state index is 13.5. The Bertz CT molecular complexity index is 1310. The van der Waals surface area contributed by atoms with Crippen molar-refractivity contribution in [2.24, 2.45) is 11.7 Å². The van der Waals surface area contributed by atoms with E-state index in [1.165, 1.54) is 35.8 Å². The van der Waals surface area contributed by atoms with Crippen molar-refractivity contribution in [3.8, 4) is 0 Å². The summed E-state index contributed by atoms with van der Waals surface area (Å²) < 4.78 is 19.8. The SMILES string of the molecule is CC(=O)O[C@H](C)[C@H](CC(=O)CN1CC2(CCCN2C(=O)c2nnn(Cc3ccc(F)cc3)c2C)C1=O)C(N)=O. The van der Waals surface area contributed by atoms with Gasteiger partial charge in [-0.15, -0.1) is 5.10 Å². The molecule has 0 radical (unpaired) electrons. The molecule has 2 aliphatic heterocycles. The minimum absolute atomic E-state index is 0.129. The Morgan fingerprint density at radius 3 is 2.51 bits per heavy atom. The number of rotatable bonds is 10. The third-order valence-electron chi connectivity index (χ3n) is 7.40. The van der Waals surface area contributed by atoms with Crippen molar-refractivity contribution in [2.75, 3.05) is 19.6 Å². The van der Waals surface area contributed by atoms with Gasteiger partial charge in [0.25, 0.3) is 11.8 Å². The van der Waals surface area contributed by atoms with Crippen LogP contribution in [0, 0.1) is 18.7 Å². The highest BCUT2D eigenvalue weighted by atomic mass is 19.1. The number of β-lactam (4-membered cyclic amide) rings is 1. The number of benzene rings is 1. The molecule has 2 N–H and O–H groups in total. The van der Waals surface area contributed by atoms with Crippen molar-refractivity contribution in [1.29, 1.82) is 0 Å². The fraction of sp³-hybridized carbons (Fsp3) is 0.500. The van der Waals surface area contributed by atoms with Crippen LogP contribution in [-0.2, 0) is 30.5 Å². The summed E-state index contributed by atoms with van der Waals surface area (Å²) in [5.74, 6) is -3.92. The predicted molar refractivity (Wildman–Crippen MR) is 133 cm³/mol. The second-order valence-corrected chi connectivity index (χ2v) is 10.1. The summed E-state index contributed by atoms with van der Waals surface area (Å²) in [5.41, 5.74) is 5.77. The van der Waals surface area contributed by atoms with E-state index in [2.05, 4.69) is 10.3 Å². The monoisotopic (exact) mass is 542 g/mol. The smallest absolute Gasteiger partial charge is 0.302 e. The molecule has 0 aliphatic carbocycles. The van der Waals surface area contributed by atoms with Gasteiger partial charge in [-0.25, -0.2) is 9.07 Å². The van der Waals surface area contributed by atoms with Gasteiger partial charge in [0.1, 0.15) is 17.5 Å². The topological polar surface area (TPSA) is 158 Å². The Morgan fingerprint density at radius 2 is 1.90 bits per heavy atom. The summed E-state index contributed by atoms with van der Waals surface area (Å²) in [6.07, 6.45) is -0.0889. The number of nitrogens with zero attached hydrogens (tertiary/aromatic N) is 5. The summed E-state index contributed by atoms with van der Waals surface area (Å²) >= 11 is 0. The summed E-state index contributed by atoms with van der Waals surface area (Å²) in [5, 5.41) is 8.15. The van der Waals surface area contributed by atoms with E-state index in [9.17, 15) is 28.4 Å². The van der Waals surface area contributed by atoms with Gasteiger partial charge in [0.15, 0.2) is 11.5 Å². The second-order valence-electron chi connectivity index (χ2n) is 10.1. The average Bonchev–Trinajstić information content (AvgIpc) is 3.48. The molecule has 2 aromatic rings. The molecule has 3 heterocycles. The first-order valence-electron chi connectivity index (χ1n) is 12.7. The summed E-state index contributed by atoms with van der Waals surface area (Å²) in [7, 11) is 0. The molecule has 2 fully saturated rings. The second kappa shape index (κ2) is 10.9. The van der Waals surface area contributed by atoms with Crippen LogP contribution in [0.5, 0.6) is 0 Å². The molecule has 0 saturated carbocycles. The number of halogens is 1.